The molecule has 1 saturated carbocycles. The number of carbonyl (C=O) groups is 3. The van der Waals surface area contributed by atoms with Crippen molar-refractivity contribution in [2.45, 2.75) is 44.7 Å². The second kappa shape index (κ2) is 9.82. The Morgan fingerprint density at radius 3 is 2.41 bits per heavy atom. The van der Waals surface area contributed by atoms with Gasteiger partial charge in [0.2, 0.25) is 11.8 Å². The minimum atomic E-state index is -0.847. The molecule has 1 aliphatic carbocycles. The quantitative estimate of drug-likeness (QED) is 0.542. The molecule has 0 spiro atoms. The van der Waals surface area contributed by atoms with Crippen molar-refractivity contribution in [1.29, 1.82) is 0 Å². The molecular weight excluding hydrogens is 426 g/mol. The van der Waals surface area contributed by atoms with Crippen LogP contribution < -0.4 is 15.5 Å². The van der Waals surface area contributed by atoms with Gasteiger partial charge in [-0.15, -0.1) is 11.3 Å². The van der Waals surface area contributed by atoms with Crippen molar-refractivity contribution in [1.82, 2.24) is 5.32 Å². The fourth-order valence-corrected chi connectivity index (χ4v) is 4.79. The summed E-state index contributed by atoms with van der Waals surface area (Å²) in [6.07, 6.45) is 5.51. The van der Waals surface area contributed by atoms with E-state index >= 15 is 0 Å². The molecule has 2 heterocycles. The molecule has 7 nitrogen and oxygen atoms in total. The molecule has 8 heteroatoms. The van der Waals surface area contributed by atoms with Crippen molar-refractivity contribution >= 4 is 40.4 Å². The van der Waals surface area contributed by atoms with Crippen LogP contribution in [0.5, 0.6) is 0 Å². The Bertz CT molecular complexity index is 1060. The highest BCUT2D eigenvalue weighted by Gasteiger charge is 2.36. The fraction of sp³-hybridized carbons (Fsp3) is 0.292. The highest BCUT2D eigenvalue weighted by Crippen LogP contribution is 2.33. The Labute approximate surface area is 190 Å². The maximum atomic E-state index is 13.5. The number of anilines is 2. The number of hydrogen-bond donors (Lipinski definition) is 2. The first-order valence-electron chi connectivity index (χ1n) is 10.6. The summed E-state index contributed by atoms with van der Waals surface area (Å²) in [7, 11) is 0. The van der Waals surface area contributed by atoms with E-state index in [-0.39, 0.29) is 23.6 Å². The van der Waals surface area contributed by atoms with Gasteiger partial charge in [0, 0.05) is 29.2 Å². The number of thiophene rings is 1. The molecule has 0 saturated heterocycles. The van der Waals surface area contributed by atoms with Gasteiger partial charge in [-0.1, -0.05) is 18.9 Å². The lowest BCUT2D eigenvalue weighted by Gasteiger charge is -2.31. The largest absolute Gasteiger partial charge is 0.459 e. The molecule has 1 aliphatic rings. The van der Waals surface area contributed by atoms with E-state index in [4.69, 9.17) is 4.42 Å². The third-order valence-electron chi connectivity index (χ3n) is 5.44. The van der Waals surface area contributed by atoms with Gasteiger partial charge in [0.1, 0.15) is 0 Å². The minimum Gasteiger partial charge on any atom is -0.459 e. The van der Waals surface area contributed by atoms with Gasteiger partial charge in [-0.3, -0.25) is 19.3 Å². The Hall–Kier alpha value is -3.39. The average Bonchev–Trinajstić information content (AvgIpc) is 3.55. The molecule has 2 N–H and O–H groups in total. The Morgan fingerprint density at radius 2 is 1.81 bits per heavy atom. The second-order valence-corrected chi connectivity index (χ2v) is 8.77. The SMILES string of the molecule is CC(=O)Nc1ccc(N(C(=O)c2ccco2)[C@@H](C(=O)NC2CCCC2)c2cccs2)cc1. The first-order valence-corrected chi connectivity index (χ1v) is 11.5. The van der Waals surface area contributed by atoms with Crippen LogP contribution in [0.1, 0.15) is 54.1 Å². The predicted octanol–water partition coefficient (Wildman–Crippen LogP) is 4.75. The molecule has 1 aromatic carbocycles. The Balaban J connectivity index is 1.73. The molecule has 32 heavy (non-hydrogen) atoms. The smallest absolute Gasteiger partial charge is 0.295 e. The van der Waals surface area contributed by atoms with E-state index in [2.05, 4.69) is 10.6 Å². The number of rotatable bonds is 7. The van der Waals surface area contributed by atoms with Crippen LogP contribution in [-0.4, -0.2) is 23.8 Å². The number of carbonyl (C=O) groups excluding carboxylic acids is 3. The number of furan rings is 1. The molecule has 1 fully saturated rings. The zero-order chi connectivity index (χ0) is 22.5. The second-order valence-electron chi connectivity index (χ2n) is 7.79. The molecule has 4 rings (SSSR count). The van der Waals surface area contributed by atoms with Crippen molar-refractivity contribution in [3.8, 4) is 0 Å². The van der Waals surface area contributed by atoms with Crippen LogP contribution in [0.2, 0.25) is 0 Å². The van der Waals surface area contributed by atoms with Crippen LogP contribution in [0.3, 0.4) is 0 Å². The third kappa shape index (κ3) is 4.91. The van der Waals surface area contributed by atoms with Crippen molar-refractivity contribution in [3.05, 3.63) is 70.8 Å². The molecule has 3 amide bonds. The van der Waals surface area contributed by atoms with Crippen LogP contribution in [0.4, 0.5) is 11.4 Å². The molecular formula is C24H25N3O4S. The summed E-state index contributed by atoms with van der Waals surface area (Å²) in [6.45, 7) is 1.43. The lowest BCUT2D eigenvalue weighted by atomic mass is 10.1. The van der Waals surface area contributed by atoms with Crippen molar-refractivity contribution in [2.75, 3.05) is 10.2 Å². The molecule has 0 aliphatic heterocycles. The number of hydrogen-bond acceptors (Lipinski definition) is 5. The molecule has 1 atom stereocenters. The summed E-state index contributed by atoms with van der Waals surface area (Å²) in [5.74, 6) is -0.674. The zero-order valence-corrected chi connectivity index (χ0v) is 18.6. The Kier molecular flexibility index (Phi) is 6.70. The van der Waals surface area contributed by atoms with Gasteiger partial charge in [-0.05, 0) is 60.7 Å². The first kappa shape index (κ1) is 21.8. The monoisotopic (exact) mass is 451 g/mol. The van der Waals surface area contributed by atoms with Crippen molar-refractivity contribution in [2.24, 2.45) is 0 Å². The summed E-state index contributed by atoms with van der Waals surface area (Å²) >= 11 is 1.42. The van der Waals surface area contributed by atoms with Crippen LogP contribution in [-0.2, 0) is 9.59 Å². The van der Waals surface area contributed by atoms with Crippen LogP contribution in [0.15, 0.2) is 64.6 Å². The summed E-state index contributed by atoms with van der Waals surface area (Å²) in [5.41, 5.74) is 1.13. The van der Waals surface area contributed by atoms with Crippen LogP contribution >= 0.6 is 11.3 Å². The van der Waals surface area contributed by atoms with Gasteiger partial charge >= 0.3 is 0 Å². The normalized spacial score (nSPS) is 14.7. The predicted molar refractivity (Wildman–Crippen MR) is 124 cm³/mol. The first-order chi connectivity index (χ1) is 15.5. The number of benzene rings is 1. The highest BCUT2D eigenvalue weighted by molar-refractivity contribution is 7.10. The average molecular weight is 452 g/mol. The van der Waals surface area contributed by atoms with Crippen LogP contribution in [0, 0.1) is 0 Å². The van der Waals surface area contributed by atoms with Gasteiger partial charge in [-0.2, -0.15) is 0 Å². The van der Waals surface area contributed by atoms with E-state index in [0.29, 0.717) is 11.4 Å². The van der Waals surface area contributed by atoms with Gasteiger partial charge in [0.25, 0.3) is 5.91 Å². The fourth-order valence-electron chi connectivity index (χ4n) is 3.98. The maximum Gasteiger partial charge on any atom is 0.295 e. The topological polar surface area (TPSA) is 91.7 Å². The molecule has 3 aromatic rings. The van der Waals surface area contributed by atoms with Gasteiger partial charge in [-0.25, -0.2) is 0 Å². The van der Waals surface area contributed by atoms with E-state index in [1.165, 1.54) is 29.4 Å². The minimum absolute atomic E-state index is 0.118. The van der Waals surface area contributed by atoms with Crippen molar-refractivity contribution < 1.29 is 18.8 Å². The van der Waals surface area contributed by atoms with Gasteiger partial charge < -0.3 is 15.1 Å². The molecule has 2 aromatic heterocycles. The molecule has 0 radical (unpaired) electrons. The number of nitrogens with zero attached hydrogens (tertiary/aromatic N) is 1. The lowest BCUT2D eigenvalue weighted by molar-refractivity contribution is -0.123. The summed E-state index contributed by atoms with van der Waals surface area (Å²) in [6, 6.07) is 13.1. The van der Waals surface area contributed by atoms with E-state index < -0.39 is 11.9 Å². The highest BCUT2D eigenvalue weighted by atomic mass is 32.1. The van der Waals surface area contributed by atoms with Gasteiger partial charge in [0.05, 0.1) is 6.26 Å². The van der Waals surface area contributed by atoms with E-state index in [0.717, 1.165) is 30.6 Å². The summed E-state index contributed by atoms with van der Waals surface area (Å²) < 4.78 is 5.38. The van der Waals surface area contributed by atoms with E-state index in [1.807, 2.05) is 17.5 Å². The van der Waals surface area contributed by atoms with Crippen molar-refractivity contribution in [3.63, 3.8) is 0 Å². The molecule has 0 unspecified atom stereocenters. The Morgan fingerprint density at radius 1 is 1.06 bits per heavy atom. The summed E-state index contributed by atoms with van der Waals surface area (Å²) in [5, 5.41) is 7.75. The maximum absolute atomic E-state index is 13.5. The molecule has 0 bridgehead atoms. The van der Waals surface area contributed by atoms with E-state index in [1.54, 1.807) is 36.4 Å². The lowest BCUT2D eigenvalue weighted by Crippen LogP contribution is -2.46. The number of amides is 3. The standard InChI is InChI=1S/C24H25N3O4S/c1-16(28)25-18-10-12-19(13-11-18)27(24(30)20-8-4-14-31-20)22(21-9-5-15-32-21)23(29)26-17-6-2-3-7-17/h4-5,8-15,17,22H,2-3,6-7H2,1H3,(H,25,28)(H,26,29)/t22-/m1/s1. The van der Waals surface area contributed by atoms with Crippen LogP contribution in [0.25, 0.3) is 0 Å². The van der Waals surface area contributed by atoms with E-state index in [9.17, 15) is 14.4 Å². The molecule has 166 valence electrons. The van der Waals surface area contributed by atoms with Gasteiger partial charge in [0.15, 0.2) is 11.8 Å². The number of nitrogens with one attached hydrogen (secondary N) is 2. The zero-order valence-electron chi connectivity index (χ0n) is 17.7. The third-order valence-corrected chi connectivity index (χ3v) is 6.36. The summed E-state index contributed by atoms with van der Waals surface area (Å²) in [4.78, 5) is 40.6.